The molecule has 0 aliphatic heterocycles. The monoisotopic (exact) mass is 465 g/mol. The van der Waals surface area contributed by atoms with Crippen molar-refractivity contribution in [3.63, 3.8) is 0 Å². The van der Waals surface area contributed by atoms with Crippen LogP contribution in [-0.4, -0.2) is 39.1 Å². The van der Waals surface area contributed by atoms with Gasteiger partial charge in [0, 0.05) is 11.6 Å². The molecule has 2 aromatic carbocycles. The molecule has 31 heavy (non-hydrogen) atoms. The Kier molecular flexibility index (Phi) is 8.47. The number of hydrogen-bond donors (Lipinski definition) is 2. The molecule has 7 nitrogen and oxygen atoms in total. The number of carbonyl (C=O) groups excluding carboxylic acids is 2. The van der Waals surface area contributed by atoms with Crippen LogP contribution in [0, 0.1) is 5.92 Å². The van der Waals surface area contributed by atoms with Gasteiger partial charge in [-0.3, -0.25) is 13.9 Å². The molecule has 168 valence electrons. The van der Waals surface area contributed by atoms with E-state index >= 15 is 0 Å². The van der Waals surface area contributed by atoms with E-state index in [9.17, 15) is 18.0 Å². The molecule has 1 atom stereocenters. The maximum absolute atomic E-state index is 13.1. The van der Waals surface area contributed by atoms with E-state index in [0.29, 0.717) is 28.5 Å². The van der Waals surface area contributed by atoms with Crippen molar-refractivity contribution < 1.29 is 18.0 Å². The van der Waals surface area contributed by atoms with Gasteiger partial charge in [0.15, 0.2) is 0 Å². The SMILES string of the molecule is CC[C@@H](C(=O)Nc1ccccc1C(=O)NCC(C)C)N(c1cccc(Cl)c1)S(C)(=O)=O. The first-order valence-electron chi connectivity index (χ1n) is 9.97. The average molecular weight is 466 g/mol. The molecule has 2 amide bonds. The molecule has 0 heterocycles. The second kappa shape index (κ2) is 10.6. The summed E-state index contributed by atoms with van der Waals surface area (Å²) in [5, 5.41) is 5.91. The van der Waals surface area contributed by atoms with Crippen molar-refractivity contribution in [1.29, 1.82) is 0 Å². The number of benzene rings is 2. The van der Waals surface area contributed by atoms with Gasteiger partial charge in [0.25, 0.3) is 5.91 Å². The molecule has 0 aliphatic carbocycles. The van der Waals surface area contributed by atoms with E-state index in [1.165, 1.54) is 6.07 Å². The minimum absolute atomic E-state index is 0.215. The number of amides is 2. The Labute approximate surface area is 188 Å². The maximum Gasteiger partial charge on any atom is 0.253 e. The minimum Gasteiger partial charge on any atom is -0.352 e. The van der Waals surface area contributed by atoms with E-state index in [2.05, 4.69) is 10.6 Å². The first-order valence-corrected chi connectivity index (χ1v) is 12.2. The van der Waals surface area contributed by atoms with Gasteiger partial charge in [-0.1, -0.05) is 50.6 Å². The lowest BCUT2D eigenvalue weighted by Crippen LogP contribution is -2.47. The number of para-hydroxylation sites is 1. The summed E-state index contributed by atoms with van der Waals surface area (Å²) >= 11 is 6.04. The zero-order valence-electron chi connectivity index (χ0n) is 18.1. The molecule has 2 rings (SSSR count). The summed E-state index contributed by atoms with van der Waals surface area (Å²) in [7, 11) is -3.79. The van der Waals surface area contributed by atoms with Crippen molar-refractivity contribution in [1.82, 2.24) is 5.32 Å². The quantitative estimate of drug-likeness (QED) is 0.586. The van der Waals surface area contributed by atoms with Crippen LogP contribution in [0.4, 0.5) is 11.4 Å². The van der Waals surface area contributed by atoms with E-state index in [1.807, 2.05) is 13.8 Å². The number of halogens is 1. The topological polar surface area (TPSA) is 95.6 Å². The van der Waals surface area contributed by atoms with Crippen molar-refractivity contribution in [3.05, 3.63) is 59.1 Å². The molecule has 0 saturated heterocycles. The highest BCUT2D eigenvalue weighted by Gasteiger charge is 2.32. The Bertz CT molecular complexity index is 1040. The molecule has 0 bridgehead atoms. The fourth-order valence-electron chi connectivity index (χ4n) is 3.07. The third-order valence-electron chi connectivity index (χ3n) is 4.49. The van der Waals surface area contributed by atoms with Gasteiger partial charge in [-0.05, 0) is 42.7 Å². The molecule has 2 aromatic rings. The van der Waals surface area contributed by atoms with Crippen LogP contribution in [0.2, 0.25) is 5.02 Å². The van der Waals surface area contributed by atoms with Crippen molar-refractivity contribution in [2.45, 2.75) is 33.2 Å². The predicted molar refractivity (Wildman–Crippen MR) is 125 cm³/mol. The van der Waals surface area contributed by atoms with Crippen LogP contribution in [0.5, 0.6) is 0 Å². The maximum atomic E-state index is 13.1. The van der Waals surface area contributed by atoms with Gasteiger partial charge in [-0.25, -0.2) is 8.42 Å². The summed E-state index contributed by atoms with van der Waals surface area (Å²) < 4.78 is 26.2. The molecule has 0 spiro atoms. The molecule has 0 saturated carbocycles. The van der Waals surface area contributed by atoms with Crippen LogP contribution in [0.1, 0.15) is 37.6 Å². The summed E-state index contributed by atoms with van der Waals surface area (Å²) in [5.74, 6) is -0.583. The molecular formula is C22H28ClN3O4S. The van der Waals surface area contributed by atoms with Crippen molar-refractivity contribution in [2.75, 3.05) is 22.4 Å². The average Bonchev–Trinajstić information content (AvgIpc) is 2.69. The Morgan fingerprint density at radius 3 is 2.35 bits per heavy atom. The number of rotatable bonds is 9. The van der Waals surface area contributed by atoms with Gasteiger partial charge in [0.1, 0.15) is 6.04 Å². The number of sulfonamides is 1. The fourth-order valence-corrected chi connectivity index (χ4v) is 4.46. The van der Waals surface area contributed by atoms with Crippen LogP contribution in [0.3, 0.4) is 0 Å². The zero-order valence-corrected chi connectivity index (χ0v) is 19.6. The summed E-state index contributed by atoms with van der Waals surface area (Å²) in [6.07, 6.45) is 1.25. The molecule has 0 aromatic heterocycles. The molecule has 0 unspecified atom stereocenters. The first kappa shape index (κ1) is 24.7. The highest BCUT2D eigenvalue weighted by molar-refractivity contribution is 7.92. The highest BCUT2D eigenvalue weighted by atomic mass is 35.5. The molecule has 0 radical (unpaired) electrons. The second-order valence-corrected chi connectivity index (χ2v) is 9.90. The van der Waals surface area contributed by atoms with Crippen molar-refractivity contribution >= 4 is 44.8 Å². The Morgan fingerprint density at radius 1 is 1.10 bits per heavy atom. The summed E-state index contributed by atoms with van der Waals surface area (Å²) in [5.41, 5.74) is 0.909. The van der Waals surface area contributed by atoms with Crippen molar-refractivity contribution in [2.24, 2.45) is 5.92 Å². The van der Waals surface area contributed by atoms with E-state index in [-0.39, 0.29) is 18.2 Å². The third-order valence-corrected chi connectivity index (χ3v) is 5.91. The molecule has 0 fully saturated rings. The van der Waals surface area contributed by atoms with Crippen LogP contribution in [0.25, 0.3) is 0 Å². The second-order valence-electron chi connectivity index (χ2n) is 7.60. The van der Waals surface area contributed by atoms with E-state index in [4.69, 9.17) is 11.6 Å². The van der Waals surface area contributed by atoms with E-state index in [0.717, 1.165) is 10.6 Å². The van der Waals surface area contributed by atoms with Crippen LogP contribution < -0.4 is 14.9 Å². The fraction of sp³-hybridized carbons (Fsp3) is 0.364. The van der Waals surface area contributed by atoms with Gasteiger partial charge in [0.2, 0.25) is 15.9 Å². The van der Waals surface area contributed by atoms with Gasteiger partial charge in [-0.2, -0.15) is 0 Å². The number of nitrogens with one attached hydrogen (secondary N) is 2. The summed E-state index contributed by atoms with van der Waals surface area (Å²) in [6.45, 7) is 6.17. The normalized spacial score (nSPS) is 12.3. The lowest BCUT2D eigenvalue weighted by atomic mass is 10.1. The van der Waals surface area contributed by atoms with Gasteiger partial charge in [-0.15, -0.1) is 0 Å². The van der Waals surface area contributed by atoms with Gasteiger partial charge >= 0.3 is 0 Å². The van der Waals surface area contributed by atoms with E-state index < -0.39 is 22.0 Å². The summed E-state index contributed by atoms with van der Waals surface area (Å²) in [6, 6.07) is 11.9. The molecule has 0 aliphatic rings. The number of anilines is 2. The minimum atomic E-state index is -3.79. The molecule has 9 heteroatoms. The Morgan fingerprint density at radius 2 is 1.77 bits per heavy atom. The molecule has 2 N–H and O–H groups in total. The van der Waals surface area contributed by atoms with Crippen LogP contribution in [-0.2, 0) is 14.8 Å². The van der Waals surface area contributed by atoms with Gasteiger partial charge < -0.3 is 10.6 Å². The van der Waals surface area contributed by atoms with Crippen LogP contribution >= 0.6 is 11.6 Å². The number of hydrogen-bond acceptors (Lipinski definition) is 4. The number of carbonyl (C=O) groups is 2. The first-order chi connectivity index (χ1) is 14.5. The largest absolute Gasteiger partial charge is 0.352 e. The standard InChI is InChI=1S/C22H28ClN3O4S/c1-5-20(26(31(4,29)30)17-10-8-9-16(23)13-17)22(28)25-19-12-7-6-11-18(19)21(27)24-14-15(2)3/h6-13,15,20H,5,14H2,1-4H3,(H,24,27)(H,25,28)/t20-/m0/s1. The third kappa shape index (κ3) is 6.70. The predicted octanol–water partition coefficient (Wildman–Crippen LogP) is 3.91. The Hall–Kier alpha value is -2.58. The smallest absolute Gasteiger partial charge is 0.253 e. The van der Waals surface area contributed by atoms with Crippen LogP contribution in [0.15, 0.2) is 48.5 Å². The lowest BCUT2D eigenvalue weighted by Gasteiger charge is -2.30. The molecular weight excluding hydrogens is 438 g/mol. The summed E-state index contributed by atoms with van der Waals surface area (Å²) in [4.78, 5) is 25.7. The zero-order chi connectivity index (χ0) is 23.2. The Balaban J connectivity index is 2.35. The number of nitrogens with zero attached hydrogens (tertiary/aromatic N) is 1. The lowest BCUT2D eigenvalue weighted by molar-refractivity contribution is -0.117. The highest BCUT2D eigenvalue weighted by Crippen LogP contribution is 2.26. The van der Waals surface area contributed by atoms with E-state index in [1.54, 1.807) is 49.4 Å². The van der Waals surface area contributed by atoms with Gasteiger partial charge in [0.05, 0.1) is 23.2 Å². The van der Waals surface area contributed by atoms with Crippen molar-refractivity contribution in [3.8, 4) is 0 Å².